The van der Waals surface area contributed by atoms with Gasteiger partial charge in [-0.05, 0) is 24.1 Å². The number of ether oxygens (including phenoxy) is 1. The molecule has 0 radical (unpaired) electrons. The van der Waals surface area contributed by atoms with Crippen LogP contribution in [0.5, 0.6) is 0 Å². The molecule has 1 aromatic rings. The number of rotatable bonds is 7. The van der Waals surface area contributed by atoms with Crippen LogP contribution in [-0.2, 0) is 16.0 Å². The second-order valence-corrected chi connectivity index (χ2v) is 4.37. The number of hydrogen-bond acceptors (Lipinski definition) is 4. The fourth-order valence-corrected chi connectivity index (χ4v) is 1.83. The van der Waals surface area contributed by atoms with Gasteiger partial charge in [0.1, 0.15) is 6.10 Å². The molecule has 21 heavy (non-hydrogen) atoms. The van der Waals surface area contributed by atoms with E-state index in [2.05, 4.69) is 6.58 Å². The van der Waals surface area contributed by atoms with Gasteiger partial charge < -0.3 is 14.9 Å². The summed E-state index contributed by atoms with van der Waals surface area (Å²) in [7, 11) is 0. The fourth-order valence-electron chi connectivity index (χ4n) is 1.83. The third-order valence-corrected chi connectivity index (χ3v) is 2.91. The van der Waals surface area contributed by atoms with Crippen molar-refractivity contribution in [3.05, 3.63) is 47.5 Å². The first kappa shape index (κ1) is 16.4. The first-order valence-corrected chi connectivity index (χ1v) is 6.31. The van der Waals surface area contributed by atoms with E-state index in [-0.39, 0.29) is 11.1 Å². The zero-order valence-electron chi connectivity index (χ0n) is 11.5. The lowest BCUT2D eigenvalue weighted by Crippen LogP contribution is -2.19. The Balaban J connectivity index is 3.00. The maximum Gasteiger partial charge on any atom is 0.336 e. The van der Waals surface area contributed by atoms with Crippen LogP contribution < -0.4 is 0 Å². The molecule has 1 unspecified atom stereocenters. The number of carbonyl (C=O) groups excluding carboxylic acids is 1. The Bertz CT molecular complexity index is 576. The molecule has 1 rings (SSSR count). The summed E-state index contributed by atoms with van der Waals surface area (Å²) in [6, 6.07) is 4.04. The van der Waals surface area contributed by atoms with Gasteiger partial charge in [-0.2, -0.15) is 0 Å². The van der Waals surface area contributed by atoms with Crippen molar-refractivity contribution < 1.29 is 29.3 Å². The zero-order chi connectivity index (χ0) is 16.0. The maximum atomic E-state index is 11.2. The highest BCUT2D eigenvalue weighted by Gasteiger charge is 2.18. The molecule has 0 aliphatic rings. The maximum absolute atomic E-state index is 11.2. The summed E-state index contributed by atoms with van der Waals surface area (Å²) in [5.41, 5.74) is 0.0217. The van der Waals surface area contributed by atoms with Crippen molar-refractivity contribution in [2.24, 2.45) is 0 Å². The minimum absolute atomic E-state index is 0.276. The van der Waals surface area contributed by atoms with Crippen molar-refractivity contribution >= 4 is 17.9 Å². The lowest BCUT2D eigenvalue weighted by atomic mass is 9.99. The summed E-state index contributed by atoms with van der Waals surface area (Å²) in [6.45, 7) is 5.13. The molecule has 0 heterocycles. The summed E-state index contributed by atoms with van der Waals surface area (Å²) in [6.07, 6.45) is 1.48. The van der Waals surface area contributed by atoms with Crippen LogP contribution in [0.25, 0.3) is 0 Å². The highest BCUT2D eigenvalue weighted by atomic mass is 16.5. The lowest BCUT2D eigenvalue weighted by molar-refractivity contribution is -0.143. The molecular formula is C15H16O6. The standard InChI is InChI=1S/C15H16O6/c1-3-10(21-13(16)4-2)7-9-5-6-11(14(17)18)12(8-9)15(19)20/h4-6,8,10H,2-3,7H2,1H3,(H,17,18)(H,19,20). The second-order valence-electron chi connectivity index (χ2n) is 4.37. The zero-order valence-corrected chi connectivity index (χ0v) is 11.5. The highest BCUT2D eigenvalue weighted by Crippen LogP contribution is 2.16. The van der Waals surface area contributed by atoms with E-state index in [1.165, 1.54) is 18.2 Å². The average Bonchev–Trinajstić information content (AvgIpc) is 2.45. The van der Waals surface area contributed by atoms with Crippen LogP contribution in [-0.4, -0.2) is 34.2 Å². The van der Waals surface area contributed by atoms with Gasteiger partial charge in [0.25, 0.3) is 0 Å². The molecule has 2 N–H and O–H groups in total. The molecule has 0 saturated carbocycles. The Morgan fingerprint density at radius 1 is 1.24 bits per heavy atom. The molecule has 1 atom stereocenters. The Kier molecular flexibility index (Phi) is 5.66. The van der Waals surface area contributed by atoms with Crippen LogP contribution in [0.1, 0.15) is 39.6 Å². The first-order valence-electron chi connectivity index (χ1n) is 6.31. The first-order chi connectivity index (χ1) is 9.88. The molecule has 0 aliphatic heterocycles. The number of esters is 1. The van der Waals surface area contributed by atoms with Crippen molar-refractivity contribution in [3.63, 3.8) is 0 Å². The number of carboxylic acids is 2. The highest BCUT2D eigenvalue weighted by molar-refractivity contribution is 6.01. The summed E-state index contributed by atoms with van der Waals surface area (Å²) < 4.78 is 5.11. The number of aromatic carboxylic acids is 2. The van der Waals surface area contributed by atoms with E-state index in [0.29, 0.717) is 18.4 Å². The van der Waals surface area contributed by atoms with Crippen molar-refractivity contribution in [1.29, 1.82) is 0 Å². The molecule has 0 saturated heterocycles. The predicted molar refractivity (Wildman–Crippen MR) is 74.4 cm³/mol. The summed E-state index contributed by atoms with van der Waals surface area (Å²) >= 11 is 0. The molecule has 0 aromatic heterocycles. The minimum atomic E-state index is -1.31. The molecule has 0 amide bonds. The Morgan fingerprint density at radius 3 is 2.33 bits per heavy atom. The number of benzene rings is 1. The largest absolute Gasteiger partial charge is 0.478 e. The molecule has 0 bridgehead atoms. The summed E-state index contributed by atoms with van der Waals surface area (Å²) in [5, 5.41) is 18.0. The normalized spacial score (nSPS) is 11.5. The monoisotopic (exact) mass is 292 g/mol. The van der Waals surface area contributed by atoms with E-state index in [4.69, 9.17) is 14.9 Å². The van der Waals surface area contributed by atoms with Gasteiger partial charge in [-0.1, -0.05) is 19.6 Å². The second kappa shape index (κ2) is 7.23. The van der Waals surface area contributed by atoms with E-state index >= 15 is 0 Å². The topological polar surface area (TPSA) is 101 Å². The smallest absolute Gasteiger partial charge is 0.336 e. The predicted octanol–water partition coefficient (Wildman–Crippen LogP) is 2.13. The van der Waals surface area contributed by atoms with Crippen LogP contribution in [0.15, 0.2) is 30.9 Å². The molecule has 6 heteroatoms. The Morgan fingerprint density at radius 2 is 1.86 bits per heavy atom. The van der Waals surface area contributed by atoms with Crippen LogP contribution in [0, 0.1) is 0 Å². The fraction of sp³-hybridized carbons (Fsp3) is 0.267. The SMILES string of the molecule is C=CC(=O)OC(CC)Cc1ccc(C(=O)O)c(C(=O)O)c1. The van der Waals surface area contributed by atoms with Gasteiger partial charge in [-0.3, -0.25) is 0 Å². The number of carbonyl (C=O) groups is 3. The van der Waals surface area contributed by atoms with Gasteiger partial charge in [0.15, 0.2) is 0 Å². The molecule has 0 fully saturated rings. The quantitative estimate of drug-likeness (QED) is 0.589. The Labute approximate surface area is 121 Å². The van der Waals surface area contributed by atoms with Crippen molar-refractivity contribution in [2.75, 3.05) is 0 Å². The van der Waals surface area contributed by atoms with Gasteiger partial charge in [0.05, 0.1) is 11.1 Å². The molecule has 6 nitrogen and oxygen atoms in total. The van der Waals surface area contributed by atoms with Gasteiger partial charge in [-0.25, -0.2) is 14.4 Å². The molecular weight excluding hydrogens is 276 g/mol. The number of carboxylic acid groups (broad SMARTS) is 2. The molecule has 0 spiro atoms. The van der Waals surface area contributed by atoms with Crippen molar-refractivity contribution in [1.82, 2.24) is 0 Å². The van der Waals surface area contributed by atoms with Crippen molar-refractivity contribution in [3.8, 4) is 0 Å². The van der Waals surface area contributed by atoms with Gasteiger partial charge in [0, 0.05) is 12.5 Å². The summed E-state index contributed by atoms with van der Waals surface area (Å²) in [4.78, 5) is 33.2. The molecule has 112 valence electrons. The van der Waals surface area contributed by atoms with E-state index in [1.54, 1.807) is 0 Å². The van der Waals surface area contributed by atoms with E-state index in [9.17, 15) is 14.4 Å². The van der Waals surface area contributed by atoms with Gasteiger partial charge >= 0.3 is 17.9 Å². The van der Waals surface area contributed by atoms with E-state index in [0.717, 1.165) is 6.08 Å². The summed E-state index contributed by atoms with van der Waals surface area (Å²) in [5.74, 6) is -3.17. The van der Waals surface area contributed by atoms with E-state index < -0.39 is 24.0 Å². The Hall–Kier alpha value is -2.63. The minimum Gasteiger partial charge on any atom is -0.478 e. The van der Waals surface area contributed by atoms with Crippen LogP contribution in [0.3, 0.4) is 0 Å². The van der Waals surface area contributed by atoms with Gasteiger partial charge in [0.2, 0.25) is 0 Å². The molecule has 1 aromatic carbocycles. The average molecular weight is 292 g/mol. The third-order valence-electron chi connectivity index (χ3n) is 2.91. The molecule has 0 aliphatic carbocycles. The van der Waals surface area contributed by atoms with Crippen LogP contribution in [0.2, 0.25) is 0 Å². The van der Waals surface area contributed by atoms with E-state index in [1.807, 2.05) is 6.92 Å². The van der Waals surface area contributed by atoms with Crippen LogP contribution in [0.4, 0.5) is 0 Å². The van der Waals surface area contributed by atoms with Gasteiger partial charge in [-0.15, -0.1) is 0 Å². The number of hydrogen-bond donors (Lipinski definition) is 2. The van der Waals surface area contributed by atoms with Crippen molar-refractivity contribution in [2.45, 2.75) is 25.9 Å². The van der Waals surface area contributed by atoms with Crippen LogP contribution >= 0.6 is 0 Å². The third kappa shape index (κ3) is 4.45. The lowest BCUT2D eigenvalue weighted by Gasteiger charge is -2.15.